The second-order valence-corrected chi connectivity index (χ2v) is 5.77. The molecule has 0 heterocycles. The van der Waals surface area contributed by atoms with Crippen molar-refractivity contribution >= 4 is 17.7 Å². The lowest BCUT2D eigenvalue weighted by Gasteiger charge is -2.08. The van der Waals surface area contributed by atoms with E-state index in [0.717, 1.165) is 23.8 Å². The summed E-state index contributed by atoms with van der Waals surface area (Å²) in [5, 5.41) is 8.77. The quantitative estimate of drug-likeness (QED) is 0.697. The molecule has 0 spiro atoms. The van der Waals surface area contributed by atoms with E-state index in [9.17, 15) is 4.79 Å². The van der Waals surface area contributed by atoms with Crippen LogP contribution >= 0.6 is 11.8 Å². The van der Waals surface area contributed by atoms with Gasteiger partial charge in [-0.15, -0.1) is 0 Å². The van der Waals surface area contributed by atoms with Crippen molar-refractivity contribution in [3.05, 3.63) is 29.8 Å². The molecule has 106 valence electrons. The normalized spacial score (nSPS) is 12.1. The van der Waals surface area contributed by atoms with Gasteiger partial charge >= 0.3 is 5.97 Å². The second-order valence-electron chi connectivity index (χ2n) is 4.62. The maximum Gasteiger partial charge on any atom is 0.335 e. The maximum atomic E-state index is 10.7. The van der Waals surface area contributed by atoms with E-state index < -0.39 is 5.97 Å². The minimum absolute atomic E-state index is 0.288. The van der Waals surface area contributed by atoms with Crippen molar-refractivity contribution in [3.8, 4) is 5.75 Å². The Balaban J connectivity index is 2.14. The average molecular weight is 282 g/mol. The number of hydrogen-bond acceptors (Lipinski definition) is 3. The monoisotopic (exact) mass is 282 g/mol. The standard InChI is InChI=1S/C15H22O3S/c1-3-12(2)11-19-10-4-9-18-14-7-5-13(6-8-14)15(16)17/h5-8,12H,3-4,9-11H2,1-2H3,(H,16,17). The molecule has 0 radical (unpaired) electrons. The highest BCUT2D eigenvalue weighted by molar-refractivity contribution is 7.99. The van der Waals surface area contributed by atoms with Crippen molar-refractivity contribution in [1.29, 1.82) is 0 Å². The Morgan fingerprint density at radius 2 is 2.05 bits per heavy atom. The molecule has 0 bridgehead atoms. The molecule has 3 nitrogen and oxygen atoms in total. The molecule has 0 fully saturated rings. The van der Waals surface area contributed by atoms with E-state index >= 15 is 0 Å². The molecule has 0 saturated heterocycles. The first-order valence-corrected chi connectivity index (χ1v) is 7.82. The van der Waals surface area contributed by atoms with Gasteiger partial charge in [0.1, 0.15) is 5.75 Å². The van der Waals surface area contributed by atoms with Crippen molar-refractivity contribution in [3.63, 3.8) is 0 Å². The molecule has 1 atom stereocenters. The second kappa shape index (κ2) is 8.86. The molecule has 0 aromatic heterocycles. The van der Waals surface area contributed by atoms with E-state index in [2.05, 4.69) is 13.8 Å². The minimum Gasteiger partial charge on any atom is -0.494 e. The molecule has 1 rings (SSSR count). The van der Waals surface area contributed by atoms with Crippen LogP contribution in [0.3, 0.4) is 0 Å². The van der Waals surface area contributed by atoms with Crippen LogP contribution in [-0.2, 0) is 0 Å². The third-order valence-electron chi connectivity index (χ3n) is 2.90. The molecular weight excluding hydrogens is 260 g/mol. The summed E-state index contributed by atoms with van der Waals surface area (Å²) in [6, 6.07) is 6.54. The number of ether oxygens (including phenoxy) is 1. The minimum atomic E-state index is -0.909. The van der Waals surface area contributed by atoms with Gasteiger partial charge in [-0.3, -0.25) is 0 Å². The third kappa shape index (κ3) is 6.53. The van der Waals surface area contributed by atoms with Crippen LogP contribution in [0, 0.1) is 5.92 Å². The number of aromatic carboxylic acids is 1. The predicted octanol–water partition coefficient (Wildman–Crippen LogP) is 3.93. The van der Waals surface area contributed by atoms with Gasteiger partial charge in [-0.05, 0) is 48.1 Å². The van der Waals surface area contributed by atoms with E-state index in [1.54, 1.807) is 24.3 Å². The first-order chi connectivity index (χ1) is 9.13. The summed E-state index contributed by atoms with van der Waals surface area (Å²) in [5.41, 5.74) is 0.288. The highest BCUT2D eigenvalue weighted by Gasteiger charge is 2.02. The zero-order chi connectivity index (χ0) is 14.1. The lowest BCUT2D eigenvalue weighted by molar-refractivity contribution is 0.0697. The fourth-order valence-electron chi connectivity index (χ4n) is 1.45. The zero-order valence-corrected chi connectivity index (χ0v) is 12.4. The number of hydrogen-bond donors (Lipinski definition) is 1. The summed E-state index contributed by atoms with van der Waals surface area (Å²) in [7, 11) is 0. The Bertz CT molecular complexity index is 375. The Hall–Kier alpha value is -1.16. The van der Waals surface area contributed by atoms with Crippen LogP contribution in [0.2, 0.25) is 0 Å². The number of carboxylic acid groups (broad SMARTS) is 1. The Morgan fingerprint density at radius 3 is 2.63 bits per heavy atom. The lowest BCUT2D eigenvalue weighted by atomic mass is 10.2. The lowest BCUT2D eigenvalue weighted by Crippen LogP contribution is -2.02. The van der Waals surface area contributed by atoms with E-state index in [4.69, 9.17) is 9.84 Å². The van der Waals surface area contributed by atoms with Gasteiger partial charge in [-0.2, -0.15) is 11.8 Å². The van der Waals surface area contributed by atoms with Crippen LogP contribution in [0.25, 0.3) is 0 Å². The molecule has 4 heteroatoms. The molecule has 0 aliphatic rings. The smallest absolute Gasteiger partial charge is 0.335 e. The molecule has 19 heavy (non-hydrogen) atoms. The average Bonchev–Trinajstić information content (AvgIpc) is 2.42. The molecule has 1 aromatic carbocycles. The Labute approximate surface area is 119 Å². The van der Waals surface area contributed by atoms with Gasteiger partial charge in [0, 0.05) is 0 Å². The highest BCUT2D eigenvalue weighted by atomic mass is 32.2. The van der Waals surface area contributed by atoms with Gasteiger partial charge in [0.2, 0.25) is 0 Å². The number of benzene rings is 1. The Morgan fingerprint density at radius 1 is 1.37 bits per heavy atom. The van der Waals surface area contributed by atoms with E-state index in [0.29, 0.717) is 6.61 Å². The fourth-order valence-corrected chi connectivity index (χ4v) is 2.57. The van der Waals surface area contributed by atoms with Gasteiger partial charge in [-0.25, -0.2) is 4.79 Å². The predicted molar refractivity (Wildman–Crippen MR) is 80.3 cm³/mol. The topological polar surface area (TPSA) is 46.5 Å². The van der Waals surface area contributed by atoms with Crippen LogP contribution in [-0.4, -0.2) is 29.2 Å². The van der Waals surface area contributed by atoms with Gasteiger partial charge < -0.3 is 9.84 Å². The number of carboxylic acids is 1. The van der Waals surface area contributed by atoms with Crippen molar-refractivity contribution in [2.24, 2.45) is 5.92 Å². The molecule has 0 amide bonds. The third-order valence-corrected chi connectivity index (χ3v) is 4.28. The summed E-state index contributed by atoms with van der Waals surface area (Å²) >= 11 is 1.97. The number of rotatable bonds is 9. The molecule has 0 saturated carbocycles. The summed E-state index contributed by atoms with van der Waals surface area (Å²) < 4.78 is 5.57. The van der Waals surface area contributed by atoms with Crippen molar-refractivity contribution in [2.45, 2.75) is 26.7 Å². The number of thioether (sulfide) groups is 1. The highest BCUT2D eigenvalue weighted by Crippen LogP contribution is 2.14. The fraction of sp³-hybridized carbons (Fsp3) is 0.533. The SMILES string of the molecule is CCC(C)CSCCCOc1ccc(C(=O)O)cc1. The molecule has 1 N–H and O–H groups in total. The molecule has 1 aromatic rings. The zero-order valence-electron chi connectivity index (χ0n) is 11.6. The molecule has 0 aliphatic heterocycles. The summed E-state index contributed by atoms with van der Waals surface area (Å²) in [5.74, 6) is 2.93. The summed E-state index contributed by atoms with van der Waals surface area (Å²) in [6.45, 7) is 5.17. The van der Waals surface area contributed by atoms with E-state index in [1.165, 1.54) is 12.2 Å². The van der Waals surface area contributed by atoms with Crippen LogP contribution in [0.4, 0.5) is 0 Å². The first-order valence-electron chi connectivity index (χ1n) is 6.67. The van der Waals surface area contributed by atoms with Gasteiger partial charge in [0.05, 0.1) is 12.2 Å². The van der Waals surface area contributed by atoms with Gasteiger partial charge in [0.25, 0.3) is 0 Å². The summed E-state index contributed by atoms with van der Waals surface area (Å²) in [4.78, 5) is 10.7. The van der Waals surface area contributed by atoms with E-state index in [1.807, 2.05) is 11.8 Å². The van der Waals surface area contributed by atoms with Crippen LogP contribution in [0.5, 0.6) is 5.75 Å². The summed E-state index contributed by atoms with van der Waals surface area (Å²) in [6.07, 6.45) is 2.25. The van der Waals surface area contributed by atoms with Crippen molar-refractivity contribution in [1.82, 2.24) is 0 Å². The van der Waals surface area contributed by atoms with E-state index in [-0.39, 0.29) is 5.56 Å². The molecular formula is C15H22O3S. The number of carbonyl (C=O) groups is 1. The first kappa shape index (κ1) is 15.9. The molecule has 0 aliphatic carbocycles. The van der Waals surface area contributed by atoms with Crippen LogP contribution in [0.15, 0.2) is 24.3 Å². The van der Waals surface area contributed by atoms with Gasteiger partial charge in [0.15, 0.2) is 0 Å². The van der Waals surface area contributed by atoms with Crippen molar-refractivity contribution in [2.75, 3.05) is 18.1 Å². The van der Waals surface area contributed by atoms with Crippen LogP contribution in [0.1, 0.15) is 37.0 Å². The Kier molecular flexibility index (Phi) is 7.41. The largest absolute Gasteiger partial charge is 0.494 e. The van der Waals surface area contributed by atoms with Crippen molar-refractivity contribution < 1.29 is 14.6 Å². The van der Waals surface area contributed by atoms with Gasteiger partial charge in [-0.1, -0.05) is 20.3 Å². The van der Waals surface area contributed by atoms with Crippen LogP contribution < -0.4 is 4.74 Å². The molecule has 1 unspecified atom stereocenters. The maximum absolute atomic E-state index is 10.7.